The van der Waals surface area contributed by atoms with Gasteiger partial charge in [-0.15, -0.1) is 0 Å². The Balaban J connectivity index is -0.0000000600. The fraction of sp³-hybridized carbons (Fsp3) is 1.00. The van der Waals surface area contributed by atoms with Crippen LogP contribution in [-0.2, 0) is 10.9 Å². The molecule has 68 valence electrons. The van der Waals surface area contributed by atoms with Gasteiger partial charge in [-0.1, -0.05) is 35.6 Å². The lowest BCUT2D eigenvalue weighted by atomic mass is 10.4. The van der Waals surface area contributed by atoms with Gasteiger partial charge in [-0.05, 0) is 17.3 Å². The lowest BCUT2D eigenvalue weighted by Gasteiger charge is -1.90. The maximum atomic E-state index is 2.30. The highest BCUT2D eigenvalue weighted by Crippen LogP contribution is 1.91. The smallest absolute Gasteiger partial charge is 0.0776 e. The third-order valence-electron chi connectivity index (χ3n) is 0.906. The quantitative estimate of drug-likeness (QED) is 0.564. The molecule has 10 heavy (non-hydrogen) atoms. The highest BCUT2D eigenvalue weighted by molar-refractivity contribution is 7.95. The minimum atomic E-state index is 0. The van der Waals surface area contributed by atoms with Gasteiger partial charge < -0.3 is 0 Å². The summed E-state index contributed by atoms with van der Waals surface area (Å²) in [5.74, 6) is 1.43. The van der Waals surface area contributed by atoms with Crippen LogP contribution in [0.5, 0.6) is 0 Å². The predicted octanol–water partition coefficient (Wildman–Crippen LogP) is 3.57. The van der Waals surface area contributed by atoms with E-state index in [1.54, 1.807) is 0 Å². The number of hydrogen-bond donors (Lipinski definition) is 0. The zero-order chi connectivity index (χ0) is 5.70. The van der Waals surface area contributed by atoms with Crippen LogP contribution in [0.25, 0.3) is 0 Å². The molecule has 0 amide bonds. The van der Waals surface area contributed by atoms with Crippen molar-refractivity contribution in [3.8, 4) is 0 Å². The first-order valence-corrected chi connectivity index (χ1v) is 5.02. The lowest BCUT2D eigenvalue weighted by molar-refractivity contribution is 0.894. The summed E-state index contributed by atoms with van der Waals surface area (Å²) in [6.45, 7) is 2.24. The fourth-order valence-electron chi connectivity index (χ4n) is 0.433. The van der Waals surface area contributed by atoms with Crippen LogP contribution in [0.2, 0.25) is 0 Å². The van der Waals surface area contributed by atoms with Gasteiger partial charge in [0.1, 0.15) is 5.75 Å². The first-order chi connectivity index (χ1) is 3.27. The van der Waals surface area contributed by atoms with Gasteiger partial charge in [0.2, 0.25) is 0 Å². The van der Waals surface area contributed by atoms with Crippen LogP contribution in [-0.4, -0.2) is 18.3 Å². The summed E-state index contributed by atoms with van der Waals surface area (Å²) in [6.07, 6.45) is 7.37. The van der Waals surface area contributed by atoms with Crippen molar-refractivity contribution in [3.05, 3.63) is 0 Å². The van der Waals surface area contributed by atoms with Crippen molar-refractivity contribution in [3.63, 3.8) is 0 Å². The Kier molecular flexibility index (Phi) is 36.3. The van der Waals surface area contributed by atoms with Gasteiger partial charge in [-0.25, -0.2) is 0 Å². The maximum Gasteiger partial charge on any atom is 0.107 e. The van der Waals surface area contributed by atoms with E-state index in [9.17, 15) is 0 Å². The number of hydrogen-bond acceptors (Lipinski definition) is 0. The Morgan fingerprint density at radius 1 is 1.00 bits per heavy atom. The molecular formula is C9H27S+. The van der Waals surface area contributed by atoms with Crippen molar-refractivity contribution in [2.45, 2.75) is 42.0 Å². The van der Waals surface area contributed by atoms with E-state index in [1.165, 1.54) is 18.6 Å². The Labute approximate surface area is 71.8 Å². The summed E-state index contributed by atoms with van der Waals surface area (Å²) in [4.78, 5) is 0. The molecule has 0 radical (unpaired) electrons. The largest absolute Gasteiger partial charge is 0.107 e. The fourth-order valence-corrected chi connectivity index (χ4v) is 1.30. The predicted molar refractivity (Wildman–Crippen MR) is 59.2 cm³/mol. The molecule has 0 aliphatic carbocycles. The molecule has 0 aromatic heterocycles. The number of rotatable bonds is 3. The normalized spacial score (nSPS) is 7.20. The SMILES string of the molecule is C.C.C.CCCC[S+](C)C. The van der Waals surface area contributed by atoms with Crippen LogP contribution >= 0.6 is 0 Å². The van der Waals surface area contributed by atoms with Gasteiger partial charge in [0.05, 0.1) is 12.5 Å². The average molecular weight is 167 g/mol. The molecule has 0 saturated carbocycles. The summed E-state index contributed by atoms with van der Waals surface area (Å²) in [5.41, 5.74) is 0. The average Bonchev–Trinajstić information content (AvgIpc) is 1.61. The molecule has 0 aromatic rings. The standard InChI is InChI=1S/C6H15S.3CH4/c1-4-5-6-7(2)3;;;/h4-6H2,1-3H3;3*1H4/q+1;;;. The summed E-state index contributed by atoms with van der Waals surface area (Å²) in [5, 5.41) is 0. The van der Waals surface area contributed by atoms with Crippen LogP contribution in [0.3, 0.4) is 0 Å². The van der Waals surface area contributed by atoms with Crippen molar-refractivity contribution in [1.82, 2.24) is 0 Å². The van der Waals surface area contributed by atoms with Crippen LogP contribution in [0.15, 0.2) is 0 Å². The molecule has 0 spiro atoms. The number of unbranched alkanes of at least 4 members (excludes halogenated alkanes) is 1. The van der Waals surface area contributed by atoms with Crippen LogP contribution in [0.1, 0.15) is 42.0 Å². The molecule has 0 aromatic carbocycles. The molecule has 0 unspecified atom stereocenters. The summed E-state index contributed by atoms with van der Waals surface area (Å²) >= 11 is 0. The lowest BCUT2D eigenvalue weighted by Crippen LogP contribution is -1.99. The molecule has 0 heterocycles. The molecule has 0 atom stereocenters. The highest BCUT2D eigenvalue weighted by Gasteiger charge is 1.97. The zero-order valence-corrected chi connectivity index (χ0v) is 6.35. The Morgan fingerprint density at radius 3 is 1.50 bits per heavy atom. The van der Waals surface area contributed by atoms with Gasteiger partial charge in [0.25, 0.3) is 0 Å². The van der Waals surface area contributed by atoms with Crippen molar-refractivity contribution in [2.75, 3.05) is 18.3 Å². The van der Waals surface area contributed by atoms with Gasteiger partial charge in [0, 0.05) is 0 Å². The van der Waals surface area contributed by atoms with E-state index in [0.29, 0.717) is 10.9 Å². The molecule has 0 nitrogen and oxygen atoms in total. The van der Waals surface area contributed by atoms with E-state index in [0.717, 1.165) is 0 Å². The summed E-state index contributed by atoms with van der Waals surface area (Å²) < 4.78 is 0. The Bertz CT molecular complexity index is 33.7. The van der Waals surface area contributed by atoms with E-state index >= 15 is 0 Å². The monoisotopic (exact) mass is 167 g/mol. The van der Waals surface area contributed by atoms with Crippen LogP contribution in [0, 0.1) is 0 Å². The molecule has 0 aliphatic heterocycles. The van der Waals surface area contributed by atoms with E-state index in [2.05, 4.69) is 19.4 Å². The molecular weight excluding hydrogens is 140 g/mol. The molecule has 0 aliphatic rings. The van der Waals surface area contributed by atoms with E-state index in [-0.39, 0.29) is 22.3 Å². The van der Waals surface area contributed by atoms with Crippen molar-refractivity contribution in [2.24, 2.45) is 0 Å². The summed E-state index contributed by atoms with van der Waals surface area (Å²) in [7, 11) is 0.685. The third kappa shape index (κ3) is 23.8. The van der Waals surface area contributed by atoms with E-state index in [4.69, 9.17) is 0 Å². The van der Waals surface area contributed by atoms with Crippen LogP contribution < -0.4 is 0 Å². The van der Waals surface area contributed by atoms with Crippen molar-refractivity contribution < 1.29 is 0 Å². The third-order valence-corrected chi connectivity index (χ3v) is 2.01. The van der Waals surface area contributed by atoms with E-state index < -0.39 is 0 Å². The molecule has 0 rings (SSSR count). The highest BCUT2D eigenvalue weighted by atomic mass is 32.2. The minimum Gasteiger partial charge on any atom is -0.0776 e. The molecule has 0 bridgehead atoms. The molecule has 0 fully saturated rings. The summed E-state index contributed by atoms with van der Waals surface area (Å²) in [6, 6.07) is 0. The second kappa shape index (κ2) is 16.2. The minimum absolute atomic E-state index is 0. The molecule has 0 saturated heterocycles. The molecule has 0 N–H and O–H groups in total. The second-order valence-electron chi connectivity index (χ2n) is 2.04. The first kappa shape index (κ1) is 22.4. The maximum absolute atomic E-state index is 2.30. The first-order valence-electron chi connectivity index (χ1n) is 2.81. The Morgan fingerprint density at radius 2 is 1.40 bits per heavy atom. The topological polar surface area (TPSA) is 0 Å². The van der Waals surface area contributed by atoms with Gasteiger partial charge in [-0.3, -0.25) is 0 Å². The molecule has 1 heteroatoms. The zero-order valence-electron chi connectivity index (χ0n) is 5.53. The Hall–Kier alpha value is 0.350. The van der Waals surface area contributed by atoms with Crippen molar-refractivity contribution >= 4 is 10.9 Å². The van der Waals surface area contributed by atoms with Gasteiger partial charge >= 0.3 is 0 Å². The van der Waals surface area contributed by atoms with Gasteiger partial charge in [-0.2, -0.15) is 0 Å². The van der Waals surface area contributed by atoms with Crippen molar-refractivity contribution in [1.29, 1.82) is 0 Å². The van der Waals surface area contributed by atoms with E-state index in [1.807, 2.05) is 0 Å². The van der Waals surface area contributed by atoms with Crippen LogP contribution in [0.4, 0.5) is 0 Å². The second-order valence-corrected chi connectivity index (χ2v) is 4.42. The van der Waals surface area contributed by atoms with Gasteiger partial charge in [0.15, 0.2) is 0 Å².